The number of carbonyl (C=O) groups is 1. The first-order valence-corrected chi connectivity index (χ1v) is 6.99. The lowest BCUT2D eigenvalue weighted by atomic mass is 10.0. The number of imidazole rings is 1. The zero-order valence-electron chi connectivity index (χ0n) is 12.3. The van der Waals surface area contributed by atoms with Gasteiger partial charge in [-0.3, -0.25) is 9.69 Å². The lowest BCUT2D eigenvalue weighted by Crippen LogP contribution is -2.54. The fourth-order valence-electron chi connectivity index (χ4n) is 2.51. The fraction of sp³-hybridized carbons (Fsp3) is 0.714. The third kappa shape index (κ3) is 2.97. The van der Waals surface area contributed by atoms with Crippen molar-refractivity contribution in [2.45, 2.75) is 52.1 Å². The number of hydrogen-bond donors (Lipinski definition) is 2. The quantitative estimate of drug-likeness (QED) is 0.871. The minimum absolute atomic E-state index is 0.0657. The van der Waals surface area contributed by atoms with Crippen molar-refractivity contribution < 1.29 is 4.79 Å². The van der Waals surface area contributed by atoms with Crippen molar-refractivity contribution in [2.75, 3.05) is 13.1 Å². The Labute approximate surface area is 114 Å². The molecule has 0 aromatic carbocycles. The summed E-state index contributed by atoms with van der Waals surface area (Å²) in [6.07, 6.45) is 4.15. The number of hydrogen-bond acceptors (Lipinski definition) is 3. The molecule has 1 atom stereocenters. The Bertz CT molecular complexity index is 446. The summed E-state index contributed by atoms with van der Waals surface area (Å²) in [6.45, 7) is 9.92. The molecule has 0 saturated carbocycles. The summed E-state index contributed by atoms with van der Waals surface area (Å²) in [6, 6.07) is -0.0944. The van der Waals surface area contributed by atoms with Gasteiger partial charge in [-0.25, -0.2) is 4.98 Å². The van der Waals surface area contributed by atoms with Gasteiger partial charge in [-0.1, -0.05) is 0 Å². The maximum Gasteiger partial charge on any atom is 0.240 e. The van der Waals surface area contributed by atoms with Gasteiger partial charge < -0.3 is 10.3 Å². The van der Waals surface area contributed by atoms with E-state index in [1.807, 2.05) is 27.7 Å². The molecule has 2 heterocycles. The minimum atomic E-state index is -0.452. The number of carbonyl (C=O) groups excluding carboxylic acids is 1. The van der Waals surface area contributed by atoms with Crippen molar-refractivity contribution in [2.24, 2.45) is 0 Å². The van der Waals surface area contributed by atoms with Gasteiger partial charge in [0.25, 0.3) is 0 Å². The van der Waals surface area contributed by atoms with Crippen molar-refractivity contribution >= 4 is 5.91 Å². The van der Waals surface area contributed by atoms with Crippen LogP contribution in [0.15, 0.2) is 6.20 Å². The highest BCUT2D eigenvalue weighted by atomic mass is 16.2. The van der Waals surface area contributed by atoms with Gasteiger partial charge in [0.2, 0.25) is 5.91 Å². The molecule has 106 valence electrons. The summed E-state index contributed by atoms with van der Waals surface area (Å²) >= 11 is 0. The molecule has 5 heteroatoms. The Morgan fingerprint density at radius 1 is 1.47 bits per heavy atom. The molecule has 1 aliphatic heterocycles. The molecule has 1 amide bonds. The molecule has 1 aromatic rings. The summed E-state index contributed by atoms with van der Waals surface area (Å²) < 4.78 is 0. The van der Waals surface area contributed by atoms with Crippen LogP contribution in [0.3, 0.4) is 0 Å². The van der Waals surface area contributed by atoms with E-state index in [4.69, 9.17) is 0 Å². The molecule has 1 aliphatic rings. The smallest absolute Gasteiger partial charge is 0.240 e. The number of rotatable bonds is 4. The third-order valence-electron chi connectivity index (χ3n) is 3.93. The van der Waals surface area contributed by atoms with E-state index in [-0.39, 0.29) is 11.9 Å². The zero-order valence-corrected chi connectivity index (χ0v) is 12.3. The summed E-state index contributed by atoms with van der Waals surface area (Å²) in [5, 5.41) is 3.05. The topological polar surface area (TPSA) is 61.0 Å². The van der Waals surface area contributed by atoms with Gasteiger partial charge in [0, 0.05) is 11.9 Å². The summed E-state index contributed by atoms with van der Waals surface area (Å²) in [5.74, 6) is 0.874. The Hall–Kier alpha value is -1.36. The Morgan fingerprint density at radius 3 is 2.63 bits per heavy atom. The second-order valence-corrected chi connectivity index (χ2v) is 5.90. The van der Waals surface area contributed by atoms with Crippen LogP contribution in [-0.2, 0) is 4.79 Å². The molecule has 1 unspecified atom stereocenters. The molecule has 2 N–H and O–H groups in total. The van der Waals surface area contributed by atoms with Gasteiger partial charge in [0.05, 0.1) is 11.6 Å². The van der Waals surface area contributed by atoms with Gasteiger partial charge >= 0.3 is 0 Å². The normalized spacial score (nSPS) is 18.5. The first kappa shape index (κ1) is 14.1. The van der Waals surface area contributed by atoms with E-state index < -0.39 is 5.54 Å². The molecule has 0 bridgehead atoms. The summed E-state index contributed by atoms with van der Waals surface area (Å²) in [7, 11) is 0. The fourth-order valence-corrected chi connectivity index (χ4v) is 2.51. The third-order valence-corrected chi connectivity index (χ3v) is 3.93. The van der Waals surface area contributed by atoms with E-state index in [2.05, 4.69) is 20.2 Å². The van der Waals surface area contributed by atoms with Crippen LogP contribution in [-0.4, -0.2) is 39.4 Å². The molecule has 5 nitrogen and oxygen atoms in total. The monoisotopic (exact) mass is 264 g/mol. The van der Waals surface area contributed by atoms with Crippen LogP contribution in [0.5, 0.6) is 0 Å². The second kappa shape index (κ2) is 5.33. The molecule has 1 saturated heterocycles. The van der Waals surface area contributed by atoms with Crippen molar-refractivity contribution in [3.63, 3.8) is 0 Å². The SMILES string of the molecule is Cc1cnc(C(C)NC(=O)C(C)(C)N2CCCC2)[nH]1. The van der Waals surface area contributed by atoms with Crippen LogP contribution in [0.2, 0.25) is 0 Å². The molecule has 1 fully saturated rings. The number of H-pyrrole nitrogens is 1. The van der Waals surface area contributed by atoms with E-state index in [1.54, 1.807) is 6.20 Å². The van der Waals surface area contributed by atoms with Gasteiger partial charge in [0.1, 0.15) is 5.82 Å². The number of nitrogens with one attached hydrogen (secondary N) is 2. The van der Waals surface area contributed by atoms with Gasteiger partial charge in [-0.15, -0.1) is 0 Å². The number of amides is 1. The van der Waals surface area contributed by atoms with Crippen LogP contribution in [0.1, 0.15) is 51.2 Å². The van der Waals surface area contributed by atoms with Crippen molar-refractivity contribution in [1.82, 2.24) is 20.2 Å². The lowest BCUT2D eigenvalue weighted by molar-refractivity contribution is -0.131. The maximum atomic E-state index is 12.4. The van der Waals surface area contributed by atoms with E-state index >= 15 is 0 Å². The van der Waals surface area contributed by atoms with E-state index in [0.29, 0.717) is 0 Å². The van der Waals surface area contributed by atoms with Gasteiger partial charge in [-0.2, -0.15) is 0 Å². The Balaban J connectivity index is 1.99. The highest BCUT2D eigenvalue weighted by Crippen LogP contribution is 2.22. The molecule has 0 radical (unpaired) electrons. The van der Waals surface area contributed by atoms with Crippen LogP contribution in [0.4, 0.5) is 0 Å². The van der Waals surface area contributed by atoms with Crippen molar-refractivity contribution in [3.8, 4) is 0 Å². The predicted octanol–water partition coefficient (Wildman–Crippen LogP) is 1.77. The molecule has 1 aromatic heterocycles. The highest BCUT2D eigenvalue weighted by molar-refractivity contribution is 5.85. The number of aromatic amines is 1. The number of nitrogens with zero attached hydrogens (tertiary/aromatic N) is 2. The number of aromatic nitrogens is 2. The van der Waals surface area contributed by atoms with Crippen LogP contribution in [0.25, 0.3) is 0 Å². The molecule has 2 rings (SSSR count). The predicted molar refractivity (Wildman–Crippen MR) is 74.8 cm³/mol. The average molecular weight is 264 g/mol. The molecule has 0 spiro atoms. The lowest BCUT2D eigenvalue weighted by Gasteiger charge is -2.34. The molecule has 19 heavy (non-hydrogen) atoms. The van der Waals surface area contributed by atoms with Crippen LogP contribution < -0.4 is 5.32 Å². The second-order valence-electron chi connectivity index (χ2n) is 5.90. The first-order valence-electron chi connectivity index (χ1n) is 6.99. The van der Waals surface area contributed by atoms with E-state index in [0.717, 1.165) is 24.6 Å². The van der Waals surface area contributed by atoms with Crippen LogP contribution >= 0.6 is 0 Å². The Morgan fingerprint density at radius 2 is 2.11 bits per heavy atom. The molecule has 0 aliphatic carbocycles. The molecular formula is C14H24N4O. The van der Waals surface area contributed by atoms with E-state index in [1.165, 1.54) is 12.8 Å². The van der Waals surface area contributed by atoms with E-state index in [9.17, 15) is 4.79 Å². The molecular weight excluding hydrogens is 240 g/mol. The maximum absolute atomic E-state index is 12.4. The average Bonchev–Trinajstić information content (AvgIpc) is 2.99. The first-order chi connectivity index (χ1) is 8.91. The minimum Gasteiger partial charge on any atom is -0.345 e. The number of likely N-dealkylation sites (tertiary alicyclic amines) is 1. The van der Waals surface area contributed by atoms with Gasteiger partial charge in [-0.05, 0) is 53.6 Å². The zero-order chi connectivity index (χ0) is 14.0. The standard InChI is InChI=1S/C14H24N4O/c1-10-9-15-12(16-10)11(2)17-13(19)14(3,4)18-7-5-6-8-18/h9,11H,5-8H2,1-4H3,(H,15,16)(H,17,19). The summed E-state index contributed by atoms with van der Waals surface area (Å²) in [4.78, 5) is 22.1. The van der Waals surface area contributed by atoms with Crippen molar-refractivity contribution in [1.29, 1.82) is 0 Å². The Kier molecular flexibility index (Phi) is 3.94. The highest BCUT2D eigenvalue weighted by Gasteiger charge is 2.36. The number of aryl methyl sites for hydroxylation is 1. The van der Waals surface area contributed by atoms with Crippen LogP contribution in [0, 0.1) is 6.92 Å². The summed E-state index contributed by atoms with van der Waals surface area (Å²) in [5.41, 5.74) is 0.557. The largest absolute Gasteiger partial charge is 0.345 e. The van der Waals surface area contributed by atoms with Gasteiger partial charge in [0.15, 0.2) is 0 Å². The van der Waals surface area contributed by atoms with Crippen molar-refractivity contribution in [3.05, 3.63) is 17.7 Å².